The maximum atomic E-state index is 13.2. The molecule has 1 amide bonds. The Hall–Kier alpha value is -2.83. The van der Waals surface area contributed by atoms with Crippen molar-refractivity contribution in [2.75, 3.05) is 19.9 Å². The fraction of sp³-hybridized carbons (Fsp3) is 0.350. The summed E-state index contributed by atoms with van der Waals surface area (Å²) in [6.07, 6.45) is -3.69. The second-order valence-corrected chi connectivity index (χ2v) is 8.59. The van der Waals surface area contributed by atoms with Crippen molar-refractivity contribution in [2.24, 2.45) is 0 Å². The van der Waals surface area contributed by atoms with Gasteiger partial charge in [-0.05, 0) is 49.2 Å². The Kier molecular flexibility index (Phi) is 6.26. The first-order chi connectivity index (χ1) is 15.3. The highest BCUT2D eigenvalue weighted by Gasteiger charge is 2.33. The van der Waals surface area contributed by atoms with Crippen LogP contribution in [0, 0.1) is 0 Å². The third-order valence-electron chi connectivity index (χ3n) is 5.14. The van der Waals surface area contributed by atoms with Crippen molar-refractivity contribution in [1.82, 2.24) is 9.79 Å². The summed E-state index contributed by atoms with van der Waals surface area (Å²) in [7, 11) is -1.73. The van der Waals surface area contributed by atoms with Crippen LogP contribution in [0.25, 0.3) is 0 Å². The molecule has 12 heteroatoms. The lowest BCUT2D eigenvalue weighted by Gasteiger charge is -2.31. The fourth-order valence-corrected chi connectivity index (χ4v) is 4.91. The summed E-state index contributed by atoms with van der Waals surface area (Å²) in [6, 6.07) is 7.52. The van der Waals surface area contributed by atoms with Gasteiger partial charge in [-0.3, -0.25) is 10.0 Å². The molecule has 2 aromatic carbocycles. The van der Waals surface area contributed by atoms with Crippen molar-refractivity contribution in [3.63, 3.8) is 0 Å². The molecule has 2 aliphatic rings. The van der Waals surface area contributed by atoms with Gasteiger partial charge in [0.1, 0.15) is 28.4 Å². The zero-order valence-electron chi connectivity index (χ0n) is 16.6. The smallest absolute Gasteiger partial charge is 0.416 e. The largest absolute Gasteiger partial charge is 0.490 e. The molecule has 172 valence electrons. The second kappa shape index (κ2) is 8.96. The predicted molar refractivity (Wildman–Crippen MR) is 105 cm³/mol. The van der Waals surface area contributed by atoms with Crippen LogP contribution >= 0.6 is 0 Å². The molecular weight excluding hydrogens is 453 g/mol. The Bertz CT molecular complexity index is 1020. The Balaban J connectivity index is 1.42. The molecule has 0 saturated carbocycles. The van der Waals surface area contributed by atoms with Crippen molar-refractivity contribution in [2.45, 2.75) is 30.0 Å². The van der Waals surface area contributed by atoms with Crippen molar-refractivity contribution in [3.8, 4) is 17.2 Å². The molecule has 4 rings (SSSR count). The van der Waals surface area contributed by atoms with Crippen molar-refractivity contribution in [3.05, 3.63) is 47.5 Å². The summed E-state index contributed by atoms with van der Waals surface area (Å²) in [5.74, 6) is -0.109. The zero-order chi connectivity index (χ0) is 22.9. The van der Waals surface area contributed by atoms with Gasteiger partial charge in [0.05, 0.1) is 10.5 Å². The Morgan fingerprint density at radius 1 is 1.12 bits per heavy atom. The van der Waals surface area contributed by atoms with Gasteiger partial charge in [-0.25, -0.2) is 14.0 Å². The highest BCUT2D eigenvalue weighted by atomic mass is 32.2. The number of fused-ring (bicyclic) bond motifs is 1. The molecule has 0 bridgehead atoms. The lowest BCUT2D eigenvalue weighted by atomic mass is 10.1. The van der Waals surface area contributed by atoms with Crippen molar-refractivity contribution >= 4 is 16.9 Å². The molecule has 0 aliphatic carbocycles. The van der Waals surface area contributed by atoms with E-state index in [1.165, 1.54) is 23.7 Å². The Morgan fingerprint density at radius 2 is 1.81 bits per heavy atom. The van der Waals surface area contributed by atoms with E-state index in [0.717, 1.165) is 12.1 Å². The molecule has 32 heavy (non-hydrogen) atoms. The van der Waals surface area contributed by atoms with Crippen LogP contribution in [0.4, 0.5) is 13.2 Å². The molecular formula is C20H19F3N2O6S. The number of hydrogen-bond acceptors (Lipinski definition) is 6. The van der Waals surface area contributed by atoms with E-state index in [-0.39, 0.29) is 29.1 Å². The van der Waals surface area contributed by atoms with Gasteiger partial charge < -0.3 is 14.2 Å². The van der Waals surface area contributed by atoms with E-state index in [2.05, 4.69) is 0 Å². The van der Waals surface area contributed by atoms with Gasteiger partial charge >= 0.3 is 6.18 Å². The van der Waals surface area contributed by atoms with Gasteiger partial charge in [0, 0.05) is 13.1 Å². The van der Waals surface area contributed by atoms with Crippen LogP contribution in [0.2, 0.25) is 0 Å². The standard InChI is InChI=1S/C20H19F3N2O6S/c21-20(22,23)12-1-3-13(4-2-12)31-14-7-9-25(10-8-14)32(28)16-6-5-15-18(30-11-29-15)17(16)19(26)24-27/h1-6,14,27H,7-11H2,(H,24,26). The molecule has 1 atom stereocenters. The minimum absolute atomic E-state index is 0.0658. The monoisotopic (exact) mass is 472 g/mol. The predicted octanol–water partition coefficient (Wildman–Crippen LogP) is 3.12. The normalized spacial score (nSPS) is 17.8. The number of hydrogen-bond donors (Lipinski definition) is 2. The van der Waals surface area contributed by atoms with Crippen LogP contribution in [-0.2, 0) is 17.2 Å². The summed E-state index contributed by atoms with van der Waals surface area (Å²) < 4.78 is 69.2. The Labute approximate surface area is 183 Å². The van der Waals surface area contributed by atoms with Gasteiger partial charge in [-0.15, -0.1) is 0 Å². The highest BCUT2D eigenvalue weighted by molar-refractivity contribution is 7.82. The number of ether oxygens (including phenoxy) is 3. The molecule has 1 unspecified atom stereocenters. The number of carbonyl (C=O) groups excluding carboxylic acids is 1. The number of rotatable bonds is 5. The molecule has 2 N–H and O–H groups in total. The molecule has 0 radical (unpaired) electrons. The molecule has 0 aromatic heterocycles. The van der Waals surface area contributed by atoms with Crippen LogP contribution < -0.4 is 19.7 Å². The first kappa shape index (κ1) is 22.4. The molecule has 2 aliphatic heterocycles. The van der Waals surface area contributed by atoms with Gasteiger partial charge in [-0.1, -0.05) is 0 Å². The van der Waals surface area contributed by atoms with Crippen molar-refractivity contribution < 1.29 is 41.6 Å². The second-order valence-electron chi connectivity index (χ2n) is 7.13. The maximum absolute atomic E-state index is 13.2. The lowest BCUT2D eigenvalue weighted by molar-refractivity contribution is -0.137. The SMILES string of the molecule is O=C(NO)c1c(S(=O)N2CCC(Oc3ccc(C(F)(F)F)cc3)CC2)ccc2c1OCO2. The molecule has 2 aromatic rings. The number of nitrogens with zero attached hydrogens (tertiary/aromatic N) is 1. The zero-order valence-corrected chi connectivity index (χ0v) is 17.4. The fourth-order valence-electron chi connectivity index (χ4n) is 3.54. The van der Waals surface area contributed by atoms with Gasteiger partial charge in [0.15, 0.2) is 11.5 Å². The van der Waals surface area contributed by atoms with Gasteiger partial charge in [-0.2, -0.15) is 13.2 Å². The van der Waals surface area contributed by atoms with Crippen LogP contribution in [0.3, 0.4) is 0 Å². The van der Waals surface area contributed by atoms with E-state index in [0.29, 0.717) is 37.4 Å². The number of benzene rings is 2. The maximum Gasteiger partial charge on any atom is 0.416 e. The van der Waals surface area contributed by atoms with Crippen molar-refractivity contribution in [1.29, 1.82) is 0 Å². The molecule has 1 saturated heterocycles. The summed E-state index contributed by atoms with van der Waals surface area (Å²) >= 11 is 0. The summed E-state index contributed by atoms with van der Waals surface area (Å²) in [5.41, 5.74) is 0.725. The molecule has 8 nitrogen and oxygen atoms in total. The first-order valence-electron chi connectivity index (χ1n) is 9.65. The number of hydroxylamine groups is 1. The third-order valence-corrected chi connectivity index (χ3v) is 6.69. The third kappa shape index (κ3) is 4.52. The Morgan fingerprint density at radius 3 is 2.44 bits per heavy atom. The number of carbonyl (C=O) groups is 1. The molecule has 2 heterocycles. The van der Waals surface area contributed by atoms with E-state index in [1.54, 1.807) is 10.4 Å². The van der Waals surface area contributed by atoms with E-state index >= 15 is 0 Å². The van der Waals surface area contributed by atoms with Crippen LogP contribution in [-0.4, -0.2) is 45.6 Å². The first-order valence-corrected chi connectivity index (χ1v) is 10.8. The number of piperidine rings is 1. The van der Waals surface area contributed by atoms with Gasteiger partial charge in [0.2, 0.25) is 6.79 Å². The van der Waals surface area contributed by atoms with Crippen LogP contribution in [0.15, 0.2) is 41.3 Å². The average Bonchev–Trinajstić information content (AvgIpc) is 3.26. The number of nitrogens with one attached hydrogen (secondary N) is 1. The van der Waals surface area contributed by atoms with E-state index in [9.17, 15) is 22.2 Å². The average molecular weight is 472 g/mol. The molecule has 0 spiro atoms. The minimum atomic E-state index is -4.41. The summed E-state index contributed by atoms with van der Waals surface area (Å²) in [5, 5.41) is 9.09. The number of alkyl halides is 3. The topological polar surface area (TPSA) is 97.3 Å². The summed E-state index contributed by atoms with van der Waals surface area (Å²) in [6.45, 7) is 0.642. The lowest BCUT2D eigenvalue weighted by Crippen LogP contribution is -2.39. The van der Waals surface area contributed by atoms with E-state index in [4.69, 9.17) is 19.4 Å². The molecule has 1 fully saturated rings. The van der Waals surface area contributed by atoms with Crippen LogP contribution in [0.5, 0.6) is 17.2 Å². The van der Waals surface area contributed by atoms with Crippen LogP contribution in [0.1, 0.15) is 28.8 Å². The number of amides is 1. The van der Waals surface area contributed by atoms with E-state index < -0.39 is 28.6 Å². The number of halogens is 3. The van der Waals surface area contributed by atoms with E-state index in [1.807, 2.05) is 0 Å². The summed E-state index contributed by atoms with van der Waals surface area (Å²) in [4.78, 5) is 12.4. The quantitative estimate of drug-likeness (QED) is 0.513. The van der Waals surface area contributed by atoms with Gasteiger partial charge in [0.25, 0.3) is 5.91 Å². The minimum Gasteiger partial charge on any atom is -0.490 e. The highest BCUT2D eigenvalue weighted by Crippen LogP contribution is 2.39.